The minimum Gasteiger partial charge on any atom is -0.333 e. The molecule has 1 aromatic carbocycles. The first-order valence-electron chi connectivity index (χ1n) is 15.5. The number of aromatic amines is 1. The van der Waals surface area contributed by atoms with E-state index < -0.39 is 0 Å². The second-order valence-corrected chi connectivity index (χ2v) is 12.8. The van der Waals surface area contributed by atoms with Crippen LogP contribution in [0.2, 0.25) is 0 Å². The van der Waals surface area contributed by atoms with Gasteiger partial charge >= 0.3 is 0 Å². The van der Waals surface area contributed by atoms with Crippen molar-refractivity contribution in [1.82, 2.24) is 34.2 Å². The summed E-state index contributed by atoms with van der Waals surface area (Å²) in [6, 6.07) is 9.18. The van der Waals surface area contributed by atoms with Crippen LogP contribution in [0.3, 0.4) is 0 Å². The molecule has 2 amide bonds. The maximum absolute atomic E-state index is 13.2. The van der Waals surface area contributed by atoms with Crippen molar-refractivity contribution in [3.05, 3.63) is 69.7 Å². The zero-order valence-corrected chi connectivity index (χ0v) is 25.2. The molecule has 6 aliphatic heterocycles. The summed E-state index contributed by atoms with van der Waals surface area (Å²) in [5.41, 5.74) is 5.29. The van der Waals surface area contributed by atoms with Crippen LogP contribution in [0.5, 0.6) is 0 Å². The van der Waals surface area contributed by atoms with E-state index in [9.17, 15) is 14.0 Å². The van der Waals surface area contributed by atoms with Crippen molar-refractivity contribution >= 4 is 35.0 Å². The zero-order valence-electron chi connectivity index (χ0n) is 24.4. The van der Waals surface area contributed by atoms with Crippen LogP contribution in [0.1, 0.15) is 69.9 Å². The fourth-order valence-corrected chi connectivity index (χ4v) is 7.74. The maximum atomic E-state index is 13.2. The predicted molar refractivity (Wildman–Crippen MR) is 164 cm³/mol. The molecule has 2 aromatic heterocycles. The quantitative estimate of drug-likeness (QED) is 0.487. The summed E-state index contributed by atoms with van der Waals surface area (Å²) < 4.78 is 17.3. The first-order chi connectivity index (χ1) is 21.0. The maximum Gasteiger partial charge on any atom is 0.274 e. The number of H-pyrrole nitrogens is 1. The molecule has 11 heteroatoms. The molecule has 0 saturated carbocycles. The van der Waals surface area contributed by atoms with Gasteiger partial charge in [-0.2, -0.15) is 9.47 Å². The summed E-state index contributed by atoms with van der Waals surface area (Å²) in [6.45, 7) is 8.11. The molecular formula is C32H38FN7O2S. The number of nitrogens with one attached hydrogen (secondary N) is 1. The van der Waals surface area contributed by atoms with E-state index >= 15 is 0 Å². The largest absolute Gasteiger partial charge is 0.333 e. The number of halogens is 1. The Morgan fingerprint density at radius 1 is 0.791 bits per heavy atom. The minimum absolute atomic E-state index is 0.0693. The van der Waals surface area contributed by atoms with E-state index in [4.69, 9.17) is 0 Å². The summed E-state index contributed by atoms with van der Waals surface area (Å²) in [5.74, 6) is -0.0388. The molecular weight excluding hydrogens is 565 g/mol. The number of nitrogens with zero attached hydrogens (tertiary/aromatic N) is 6. The zero-order chi connectivity index (χ0) is 29.3. The predicted octanol–water partition coefficient (Wildman–Crippen LogP) is 4.02. The van der Waals surface area contributed by atoms with Gasteiger partial charge in [-0.1, -0.05) is 12.1 Å². The van der Waals surface area contributed by atoms with E-state index in [1.807, 2.05) is 21.2 Å². The molecule has 0 unspecified atom stereocenters. The Balaban J connectivity index is 0.000000160. The summed E-state index contributed by atoms with van der Waals surface area (Å²) >= 11 is 1.35. The van der Waals surface area contributed by atoms with Crippen LogP contribution in [-0.2, 0) is 6.42 Å². The second-order valence-electron chi connectivity index (χ2n) is 12.2. The van der Waals surface area contributed by atoms with Crippen molar-refractivity contribution in [3.8, 4) is 0 Å². The number of aromatic nitrogens is 3. The van der Waals surface area contributed by atoms with Gasteiger partial charge in [-0.3, -0.25) is 14.7 Å². The number of piperidine rings is 2. The van der Waals surface area contributed by atoms with Crippen LogP contribution in [-0.4, -0.2) is 110 Å². The Kier molecular flexibility index (Phi) is 8.11. The van der Waals surface area contributed by atoms with Crippen molar-refractivity contribution in [2.75, 3.05) is 52.4 Å². The summed E-state index contributed by atoms with van der Waals surface area (Å²) in [7, 11) is 0. The Bertz CT molecular complexity index is 1470. The number of hydrogen-bond acceptors (Lipinski definition) is 7. The average Bonchev–Trinajstić information content (AvgIpc) is 3.50. The average molecular weight is 604 g/mol. The number of benzene rings is 1. The molecule has 0 radical (unpaired) electrons. The highest BCUT2D eigenvalue weighted by Gasteiger charge is 2.35. The number of amides is 2. The normalized spacial score (nSPS) is 26.1. The van der Waals surface area contributed by atoms with Crippen LogP contribution < -0.4 is 0 Å². The molecule has 1 N–H and O–H groups in total. The molecule has 6 fully saturated rings. The van der Waals surface area contributed by atoms with Crippen LogP contribution in [0.15, 0.2) is 35.7 Å². The van der Waals surface area contributed by atoms with Gasteiger partial charge in [0.25, 0.3) is 11.8 Å². The molecule has 43 heavy (non-hydrogen) atoms. The Morgan fingerprint density at radius 3 is 2.02 bits per heavy atom. The van der Waals surface area contributed by atoms with Gasteiger partial charge in [0, 0.05) is 75.4 Å². The molecule has 3 aromatic rings. The van der Waals surface area contributed by atoms with Crippen LogP contribution in [0.25, 0.3) is 11.6 Å². The van der Waals surface area contributed by atoms with E-state index in [0.29, 0.717) is 23.5 Å². The van der Waals surface area contributed by atoms with Gasteiger partial charge in [-0.25, -0.2) is 4.39 Å². The van der Waals surface area contributed by atoms with E-state index in [-0.39, 0.29) is 17.6 Å². The van der Waals surface area contributed by atoms with Gasteiger partial charge in [0.2, 0.25) is 0 Å². The van der Waals surface area contributed by atoms with Crippen molar-refractivity contribution in [2.24, 2.45) is 0 Å². The van der Waals surface area contributed by atoms with Gasteiger partial charge in [-0.15, -0.1) is 0 Å². The van der Waals surface area contributed by atoms with Gasteiger partial charge in [0.05, 0.1) is 5.69 Å². The number of carbonyl (C=O) groups excluding carboxylic acids is 2. The van der Waals surface area contributed by atoms with Gasteiger partial charge in [-0.05, 0) is 85.5 Å². The SMILES string of the molecule is O=C(c1ccsn1)N1CCN2CCC1CC2.O=C(c1n[nH]c2c1CCC(c1ccc(F)cc1)=C2)N1CCN2CCC1CC2. The third kappa shape index (κ3) is 5.90. The van der Waals surface area contributed by atoms with Crippen LogP contribution >= 0.6 is 11.5 Å². The number of hydrogen-bond donors (Lipinski definition) is 1. The molecule has 10 rings (SSSR count). The lowest BCUT2D eigenvalue weighted by Gasteiger charge is -2.31. The standard InChI is InChI=1S/C21H23FN4O.C11H15N3OS/c22-16-4-1-14(2-5-16)15-3-6-18-19(13-15)23-24-20(18)21(27)26-12-11-25-9-7-17(26)8-10-25;15-11(10-3-8-16-12-10)14-7-6-13-4-1-9(14)2-5-13/h1-2,4-5,13,17H,3,6-12H2,(H,23,24);3,8-9H,1-2,4-7H2. The minimum atomic E-state index is -0.229. The highest BCUT2D eigenvalue weighted by Crippen LogP contribution is 2.32. The van der Waals surface area contributed by atoms with Crippen molar-refractivity contribution in [2.45, 2.75) is 50.6 Å². The second kappa shape index (κ2) is 12.3. The highest BCUT2D eigenvalue weighted by molar-refractivity contribution is 7.03. The Morgan fingerprint density at radius 2 is 1.42 bits per heavy atom. The smallest absolute Gasteiger partial charge is 0.274 e. The molecule has 1 aliphatic carbocycles. The lowest BCUT2D eigenvalue weighted by Crippen LogP contribution is -2.42. The first-order valence-corrected chi connectivity index (χ1v) is 16.4. The topological polar surface area (TPSA) is 88.7 Å². The van der Waals surface area contributed by atoms with Crippen molar-refractivity contribution in [1.29, 1.82) is 0 Å². The van der Waals surface area contributed by atoms with Crippen LogP contribution in [0, 0.1) is 5.82 Å². The van der Waals surface area contributed by atoms with Gasteiger partial charge in [0.15, 0.2) is 5.69 Å². The third-order valence-corrected chi connectivity index (χ3v) is 10.3. The van der Waals surface area contributed by atoms with Gasteiger partial charge in [0.1, 0.15) is 11.5 Å². The Hall–Kier alpha value is -3.41. The van der Waals surface area contributed by atoms with E-state index in [2.05, 4.69) is 30.4 Å². The third-order valence-electron chi connectivity index (χ3n) is 9.77. The lowest BCUT2D eigenvalue weighted by molar-refractivity contribution is 0.0671. The van der Waals surface area contributed by atoms with E-state index in [0.717, 1.165) is 113 Å². The molecule has 9 nitrogen and oxygen atoms in total. The van der Waals surface area contributed by atoms with Crippen LogP contribution in [0.4, 0.5) is 4.39 Å². The van der Waals surface area contributed by atoms with Crippen molar-refractivity contribution in [3.63, 3.8) is 0 Å². The number of fused-ring (bicyclic) bond motifs is 9. The monoisotopic (exact) mass is 603 g/mol. The first kappa shape index (κ1) is 28.4. The highest BCUT2D eigenvalue weighted by atomic mass is 32.1. The number of carbonyl (C=O) groups is 2. The molecule has 8 heterocycles. The molecule has 226 valence electrons. The number of rotatable bonds is 3. The van der Waals surface area contributed by atoms with Crippen molar-refractivity contribution < 1.29 is 14.0 Å². The summed E-state index contributed by atoms with van der Waals surface area (Å²) in [5, 5.41) is 9.32. The summed E-state index contributed by atoms with van der Waals surface area (Å²) in [6.07, 6.45) is 8.03. The summed E-state index contributed by atoms with van der Waals surface area (Å²) in [4.78, 5) is 34.4. The molecule has 0 atom stereocenters. The molecule has 0 spiro atoms. The molecule has 7 aliphatic rings. The fraction of sp³-hybridized carbons (Fsp3) is 0.500. The Labute approximate surface area is 255 Å². The van der Waals surface area contributed by atoms with Gasteiger partial charge < -0.3 is 19.6 Å². The van der Waals surface area contributed by atoms with E-state index in [1.165, 1.54) is 23.7 Å². The van der Waals surface area contributed by atoms with E-state index in [1.54, 1.807) is 12.1 Å². The number of allylic oxidation sites excluding steroid dienone is 1. The molecule has 4 bridgehead atoms. The fourth-order valence-electron chi connectivity index (χ4n) is 7.24. The lowest BCUT2D eigenvalue weighted by atomic mass is 9.91. The molecule has 6 saturated heterocycles.